The molecule has 0 saturated heterocycles. The maximum absolute atomic E-state index is 12.0. The van der Waals surface area contributed by atoms with Gasteiger partial charge in [-0.15, -0.1) is 0 Å². The Hall–Kier alpha value is -2.04. The van der Waals surface area contributed by atoms with Gasteiger partial charge in [0.15, 0.2) is 5.25 Å². The Morgan fingerprint density at radius 1 is 1.50 bits per heavy atom. The van der Waals surface area contributed by atoms with Crippen molar-refractivity contribution in [1.82, 2.24) is 0 Å². The van der Waals surface area contributed by atoms with Gasteiger partial charge in [0.2, 0.25) is 10.0 Å². The van der Waals surface area contributed by atoms with Gasteiger partial charge in [0.05, 0.1) is 13.7 Å². The van der Waals surface area contributed by atoms with Crippen molar-refractivity contribution in [3.63, 3.8) is 0 Å². The summed E-state index contributed by atoms with van der Waals surface area (Å²) in [6.45, 7) is 1.47. The molecule has 1 atom stereocenters. The van der Waals surface area contributed by atoms with Gasteiger partial charge in [-0.3, -0.25) is 9.52 Å². The number of carbonyl (C=O) groups excluding carboxylic acids is 1. The van der Waals surface area contributed by atoms with Gasteiger partial charge < -0.3 is 10.5 Å². The third-order valence-electron chi connectivity index (χ3n) is 2.46. The number of nitrogens with two attached hydrogens (primary N) is 1. The lowest BCUT2D eigenvalue weighted by Crippen LogP contribution is -2.33. The molecule has 0 saturated carbocycles. The topological polar surface area (TPSA) is 98.5 Å². The van der Waals surface area contributed by atoms with Crippen LogP contribution in [0.25, 0.3) is 0 Å². The van der Waals surface area contributed by atoms with E-state index in [1.165, 1.54) is 6.92 Å². The lowest BCUT2D eigenvalue weighted by atomic mass is 10.2. The van der Waals surface area contributed by atoms with Gasteiger partial charge in [-0.25, -0.2) is 8.42 Å². The van der Waals surface area contributed by atoms with Crippen molar-refractivity contribution in [2.45, 2.75) is 12.2 Å². The second kappa shape index (κ2) is 6.93. The van der Waals surface area contributed by atoms with Crippen LogP contribution >= 0.6 is 0 Å². The normalized spacial score (nSPS) is 11.9. The summed E-state index contributed by atoms with van der Waals surface area (Å²) in [7, 11) is -2.72. The zero-order valence-corrected chi connectivity index (χ0v) is 12.0. The van der Waals surface area contributed by atoms with Crippen LogP contribution in [0.4, 0.5) is 5.69 Å². The molecule has 20 heavy (non-hydrogen) atoms. The molecule has 3 N–H and O–H groups in total. The molecule has 0 fully saturated rings. The smallest absolute Gasteiger partial charge is 0.325 e. The molecule has 0 bridgehead atoms. The van der Waals surface area contributed by atoms with Crippen LogP contribution in [0.3, 0.4) is 0 Å². The second-order valence-corrected chi connectivity index (χ2v) is 5.90. The molecule has 0 spiro atoms. The predicted molar refractivity (Wildman–Crippen MR) is 76.4 cm³/mol. The molecule has 0 radical (unpaired) electrons. The molecular weight excluding hydrogens is 280 g/mol. The minimum atomic E-state index is -3.86. The van der Waals surface area contributed by atoms with Crippen LogP contribution in [0.15, 0.2) is 24.3 Å². The van der Waals surface area contributed by atoms with E-state index in [0.29, 0.717) is 11.3 Å². The lowest BCUT2D eigenvalue weighted by Gasteiger charge is -2.13. The molecular formula is C13H16N2O4S. The van der Waals surface area contributed by atoms with Gasteiger partial charge in [-0.2, -0.15) is 0 Å². The average molecular weight is 296 g/mol. The van der Waals surface area contributed by atoms with Gasteiger partial charge >= 0.3 is 5.97 Å². The largest absolute Gasteiger partial charge is 0.468 e. The minimum absolute atomic E-state index is 0.218. The van der Waals surface area contributed by atoms with Crippen LogP contribution in [-0.4, -0.2) is 33.3 Å². The number of benzene rings is 1. The number of hydrogen-bond donors (Lipinski definition) is 2. The summed E-state index contributed by atoms with van der Waals surface area (Å²) in [6.07, 6.45) is 0. The summed E-state index contributed by atoms with van der Waals surface area (Å²) in [5, 5.41) is -1.30. The number of nitrogens with one attached hydrogen (secondary N) is 1. The monoisotopic (exact) mass is 296 g/mol. The molecule has 1 aromatic rings. The Bertz CT molecular complexity index is 644. The summed E-state index contributed by atoms with van der Waals surface area (Å²) in [4.78, 5) is 11.3. The third kappa shape index (κ3) is 4.26. The number of rotatable bonds is 4. The van der Waals surface area contributed by atoms with Crippen molar-refractivity contribution in [3.8, 4) is 11.8 Å². The fourth-order valence-corrected chi connectivity index (χ4v) is 2.34. The van der Waals surface area contributed by atoms with Crippen molar-refractivity contribution >= 4 is 21.7 Å². The Balaban J connectivity index is 2.95. The molecule has 6 nitrogen and oxygen atoms in total. The average Bonchev–Trinajstić information content (AvgIpc) is 2.43. The molecule has 0 aliphatic rings. The molecule has 0 aliphatic carbocycles. The Morgan fingerprint density at radius 2 is 2.20 bits per heavy atom. The highest BCUT2D eigenvalue weighted by Crippen LogP contribution is 2.14. The zero-order chi connectivity index (χ0) is 15.2. The quantitative estimate of drug-likeness (QED) is 0.615. The number of methoxy groups -OCH3 is 1. The van der Waals surface area contributed by atoms with E-state index in [9.17, 15) is 13.2 Å². The highest BCUT2D eigenvalue weighted by molar-refractivity contribution is 7.94. The summed E-state index contributed by atoms with van der Waals surface area (Å²) in [5.41, 5.74) is 6.22. The zero-order valence-electron chi connectivity index (χ0n) is 11.2. The molecule has 0 aromatic heterocycles. The molecule has 1 unspecified atom stereocenters. The van der Waals surface area contributed by atoms with Gasteiger partial charge in [0.25, 0.3) is 0 Å². The van der Waals surface area contributed by atoms with E-state index in [4.69, 9.17) is 5.73 Å². The number of esters is 1. The van der Waals surface area contributed by atoms with Crippen LogP contribution in [0.2, 0.25) is 0 Å². The van der Waals surface area contributed by atoms with E-state index in [1.54, 1.807) is 24.3 Å². The van der Waals surface area contributed by atoms with E-state index in [1.807, 2.05) is 0 Å². The number of anilines is 1. The Morgan fingerprint density at radius 3 is 2.80 bits per heavy atom. The molecule has 1 aromatic carbocycles. The molecule has 0 heterocycles. The Kier molecular flexibility index (Phi) is 5.55. The molecule has 0 amide bonds. The van der Waals surface area contributed by atoms with E-state index in [2.05, 4.69) is 21.3 Å². The molecule has 0 aliphatic heterocycles. The third-order valence-corrected chi connectivity index (χ3v) is 4.10. The van der Waals surface area contributed by atoms with Crippen molar-refractivity contribution < 1.29 is 17.9 Å². The highest BCUT2D eigenvalue weighted by Gasteiger charge is 2.28. The van der Waals surface area contributed by atoms with Crippen LogP contribution in [0.1, 0.15) is 12.5 Å². The molecule has 108 valence electrons. The summed E-state index contributed by atoms with van der Waals surface area (Å²) < 4.78 is 30.7. The van der Waals surface area contributed by atoms with Crippen LogP contribution < -0.4 is 10.5 Å². The maximum Gasteiger partial charge on any atom is 0.325 e. The van der Waals surface area contributed by atoms with Crippen LogP contribution in [0.5, 0.6) is 0 Å². The summed E-state index contributed by atoms with van der Waals surface area (Å²) in [6, 6.07) is 6.50. The summed E-state index contributed by atoms with van der Waals surface area (Å²) >= 11 is 0. The fourth-order valence-electron chi connectivity index (χ4n) is 1.36. The van der Waals surface area contributed by atoms with Gasteiger partial charge in [-0.1, -0.05) is 17.9 Å². The van der Waals surface area contributed by atoms with E-state index in [0.717, 1.165) is 7.11 Å². The van der Waals surface area contributed by atoms with E-state index < -0.39 is 21.2 Å². The SMILES string of the molecule is COC(=O)C(C)S(=O)(=O)Nc1cccc(C#CCN)c1. The molecule has 7 heteroatoms. The van der Waals surface area contributed by atoms with Gasteiger partial charge in [-0.05, 0) is 25.1 Å². The van der Waals surface area contributed by atoms with Crippen LogP contribution in [-0.2, 0) is 19.6 Å². The number of ether oxygens (including phenoxy) is 1. The summed E-state index contributed by atoms with van der Waals surface area (Å²) in [5.74, 6) is 4.64. The van der Waals surface area contributed by atoms with Crippen LogP contribution in [0, 0.1) is 11.8 Å². The number of hydrogen-bond acceptors (Lipinski definition) is 5. The standard InChI is InChI=1S/C13H16N2O4S/c1-10(13(16)19-2)20(17,18)15-12-7-3-5-11(9-12)6-4-8-14/h3,5,7,9-10,15H,8,14H2,1-2H3. The minimum Gasteiger partial charge on any atom is -0.468 e. The van der Waals surface area contributed by atoms with Crippen molar-refractivity contribution in [3.05, 3.63) is 29.8 Å². The van der Waals surface area contributed by atoms with E-state index >= 15 is 0 Å². The van der Waals surface area contributed by atoms with E-state index in [-0.39, 0.29) is 6.54 Å². The van der Waals surface area contributed by atoms with Gasteiger partial charge in [0, 0.05) is 11.3 Å². The Labute approximate surface area is 118 Å². The van der Waals surface area contributed by atoms with Crippen molar-refractivity contribution in [2.24, 2.45) is 5.73 Å². The first-order valence-corrected chi connectivity index (χ1v) is 7.34. The fraction of sp³-hybridized carbons (Fsp3) is 0.308. The first-order chi connectivity index (χ1) is 9.40. The number of sulfonamides is 1. The predicted octanol–water partition coefficient (Wildman–Crippen LogP) is 0.300. The first-order valence-electron chi connectivity index (χ1n) is 5.79. The van der Waals surface area contributed by atoms with Gasteiger partial charge in [0.1, 0.15) is 0 Å². The maximum atomic E-state index is 12.0. The first kappa shape index (κ1) is 16.0. The van der Waals surface area contributed by atoms with Crippen molar-refractivity contribution in [1.29, 1.82) is 0 Å². The highest BCUT2D eigenvalue weighted by atomic mass is 32.2. The van der Waals surface area contributed by atoms with Crippen molar-refractivity contribution in [2.75, 3.05) is 18.4 Å². The second-order valence-electron chi connectivity index (χ2n) is 3.90. The number of carbonyl (C=O) groups is 1. The molecule has 1 rings (SSSR count). The lowest BCUT2D eigenvalue weighted by molar-refractivity contribution is -0.139.